The normalized spacial score (nSPS) is 14.9. The summed E-state index contributed by atoms with van der Waals surface area (Å²) in [5.41, 5.74) is 11.9. The van der Waals surface area contributed by atoms with E-state index in [2.05, 4.69) is 26.1 Å². The van der Waals surface area contributed by atoms with Crippen molar-refractivity contribution in [3.8, 4) is 11.3 Å². The SMILES string of the molecule is C=CC(=O)N1CCC(n2cnc3cnc4ccc(-c5cnc(N)c(C)c5)nc4c32)CC1. The van der Waals surface area contributed by atoms with Crippen LogP contribution in [-0.4, -0.2) is 48.4 Å². The quantitative estimate of drug-likeness (QED) is 0.517. The second-order valence-electron chi connectivity index (χ2n) is 7.89. The molecule has 0 unspecified atom stereocenters. The minimum Gasteiger partial charge on any atom is -0.383 e. The first-order valence-electron chi connectivity index (χ1n) is 10.3. The Labute approximate surface area is 179 Å². The average Bonchev–Trinajstić information content (AvgIpc) is 3.25. The smallest absolute Gasteiger partial charge is 0.245 e. The number of nitrogen functional groups attached to an aromatic ring is 1. The fourth-order valence-corrected chi connectivity index (χ4v) is 4.23. The Morgan fingerprint density at radius 2 is 1.97 bits per heavy atom. The van der Waals surface area contributed by atoms with Gasteiger partial charge in [-0.25, -0.2) is 15.0 Å². The highest BCUT2D eigenvalue weighted by Crippen LogP contribution is 2.31. The van der Waals surface area contributed by atoms with Gasteiger partial charge in [-0.3, -0.25) is 9.78 Å². The van der Waals surface area contributed by atoms with Crippen LogP contribution in [0, 0.1) is 6.92 Å². The summed E-state index contributed by atoms with van der Waals surface area (Å²) in [6.07, 6.45) is 8.50. The average molecular weight is 413 g/mol. The second kappa shape index (κ2) is 7.46. The fraction of sp³-hybridized carbons (Fsp3) is 0.261. The molecular weight excluding hydrogens is 390 g/mol. The van der Waals surface area contributed by atoms with Crippen molar-refractivity contribution in [1.29, 1.82) is 0 Å². The molecule has 4 aromatic rings. The molecule has 0 atom stereocenters. The van der Waals surface area contributed by atoms with Crippen LogP contribution in [-0.2, 0) is 4.79 Å². The van der Waals surface area contributed by atoms with Crippen LogP contribution in [0.1, 0.15) is 24.4 Å². The van der Waals surface area contributed by atoms with E-state index in [0.717, 1.165) is 51.7 Å². The van der Waals surface area contributed by atoms with Crippen LogP contribution < -0.4 is 5.73 Å². The molecule has 0 saturated carbocycles. The highest BCUT2D eigenvalue weighted by molar-refractivity contribution is 6.00. The van der Waals surface area contributed by atoms with Crippen molar-refractivity contribution < 1.29 is 4.79 Å². The van der Waals surface area contributed by atoms with Gasteiger partial charge in [-0.1, -0.05) is 6.58 Å². The molecule has 31 heavy (non-hydrogen) atoms. The predicted molar refractivity (Wildman–Crippen MR) is 120 cm³/mol. The van der Waals surface area contributed by atoms with Gasteiger partial charge in [0.15, 0.2) is 0 Å². The van der Waals surface area contributed by atoms with E-state index in [9.17, 15) is 4.79 Å². The summed E-state index contributed by atoms with van der Waals surface area (Å²) in [6, 6.07) is 6.17. The Balaban J connectivity index is 1.58. The standard InChI is InChI=1S/C23H23N7O/c1-3-20(31)29-8-6-16(7-9-29)30-13-27-19-12-25-18-5-4-17(28-21(18)22(19)30)15-10-14(2)23(24)26-11-15/h3-5,10-13,16H,1,6-9H2,2H3,(H2,24,26). The van der Waals surface area contributed by atoms with Crippen molar-refractivity contribution in [3.05, 3.63) is 55.1 Å². The van der Waals surface area contributed by atoms with Crippen LogP contribution in [0.2, 0.25) is 0 Å². The number of likely N-dealkylation sites (tertiary alicyclic amines) is 1. The van der Waals surface area contributed by atoms with E-state index in [0.29, 0.717) is 18.9 Å². The molecule has 5 heterocycles. The molecule has 8 nitrogen and oxygen atoms in total. The van der Waals surface area contributed by atoms with Crippen LogP contribution >= 0.6 is 0 Å². The lowest BCUT2D eigenvalue weighted by Crippen LogP contribution is -2.38. The van der Waals surface area contributed by atoms with E-state index in [-0.39, 0.29) is 11.9 Å². The number of imidazole rings is 1. The number of carbonyl (C=O) groups is 1. The number of hydrogen-bond donors (Lipinski definition) is 1. The number of aryl methyl sites for hydroxylation is 1. The zero-order valence-electron chi connectivity index (χ0n) is 17.3. The number of hydrogen-bond acceptors (Lipinski definition) is 6. The zero-order valence-corrected chi connectivity index (χ0v) is 17.3. The number of fused-ring (bicyclic) bond motifs is 3. The molecule has 1 aliphatic rings. The van der Waals surface area contributed by atoms with E-state index < -0.39 is 0 Å². The minimum atomic E-state index is -0.0118. The molecule has 0 radical (unpaired) electrons. The lowest BCUT2D eigenvalue weighted by Gasteiger charge is -2.32. The number of rotatable bonds is 3. The minimum absolute atomic E-state index is 0.0118. The highest BCUT2D eigenvalue weighted by Gasteiger charge is 2.24. The molecular formula is C23H23N7O. The number of amides is 1. The third kappa shape index (κ3) is 3.30. The summed E-state index contributed by atoms with van der Waals surface area (Å²) < 4.78 is 2.19. The van der Waals surface area contributed by atoms with Crippen molar-refractivity contribution in [2.75, 3.05) is 18.8 Å². The fourth-order valence-electron chi connectivity index (χ4n) is 4.23. The van der Waals surface area contributed by atoms with Gasteiger partial charge in [0.25, 0.3) is 0 Å². The number of aromatic nitrogens is 5. The summed E-state index contributed by atoms with van der Waals surface area (Å²) in [4.78, 5) is 32.1. The Morgan fingerprint density at radius 1 is 1.16 bits per heavy atom. The largest absolute Gasteiger partial charge is 0.383 e. The predicted octanol–water partition coefficient (Wildman–Crippen LogP) is 3.28. The molecule has 8 heteroatoms. The van der Waals surface area contributed by atoms with Crippen LogP contribution in [0.3, 0.4) is 0 Å². The van der Waals surface area contributed by atoms with E-state index >= 15 is 0 Å². The Kier molecular flexibility index (Phi) is 4.62. The lowest BCUT2D eigenvalue weighted by atomic mass is 10.0. The van der Waals surface area contributed by atoms with Crippen LogP contribution in [0.15, 0.2) is 49.6 Å². The van der Waals surface area contributed by atoms with Gasteiger partial charge >= 0.3 is 0 Å². The number of carbonyl (C=O) groups excluding carboxylic acids is 1. The van der Waals surface area contributed by atoms with Crippen molar-refractivity contribution >= 4 is 33.8 Å². The van der Waals surface area contributed by atoms with E-state index in [4.69, 9.17) is 10.7 Å². The van der Waals surface area contributed by atoms with E-state index in [1.807, 2.05) is 36.4 Å². The van der Waals surface area contributed by atoms with Gasteiger partial charge in [-0.15, -0.1) is 0 Å². The molecule has 1 fully saturated rings. The van der Waals surface area contributed by atoms with Crippen LogP contribution in [0.5, 0.6) is 0 Å². The van der Waals surface area contributed by atoms with E-state index in [1.165, 1.54) is 6.08 Å². The highest BCUT2D eigenvalue weighted by atomic mass is 16.2. The molecule has 2 N–H and O–H groups in total. The van der Waals surface area contributed by atoms with Gasteiger partial charge in [0.1, 0.15) is 16.9 Å². The topological polar surface area (TPSA) is 103 Å². The monoisotopic (exact) mass is 413 g/mol. The number of pyridine rings is 3. The van der Waals surface area contributed by atoms with Crippen molar-refractivity contribution in [1.82, 2.24) is 29.4 Å². The molecule has 5 rings (SSSR count). The van der Waals surface area contributed by atoms with Gasteiger partial charge in [-0.05, 0) is 49.6 Å². The van der Waals surface area contributed by atoms with Gasteiger partial charge < -0.3 is 15.2 Å². The second-order valence-corrected chi connectivity index (χ2v) is 7.89. The number of nitrogens with zero attached hydrogens (tertiary/aromatic N) is 6. The van der Waals surface area contributed by atoms with Crippen LogP contribution in [0.25, 0.3) is 33.3 Å². The maximum absolute atomic E-state index is 11.9. The van der Waals surface area contributed by atoms with Gasteiger partial charge in [0.2, 0.25) is 5.91 Å². The maximum atomic E-state index is 11.9. The summed E-state index contributed by atoms with van der Waals surface area (Å²) >= 11 is 0. The summed E-state index contributed by atoms with van der Waals surface area (Å²) in [5.74, 6) is 0.509. The Hall–Kier alpha value is -3.81. The molecule has 1 saturated heterocycles. The molecule has 0 spiro atoms. The Morgan fingerprint density at radius 3 is 2.71 bits per heavy atom. The van der Waals surface area contributed by atoms with Crippen molar-refractivity contribution in [3.63, 3.8) is 0 Å². The number of anilines is 1. The molecule has 0 bridgehead atoms. The Bertz CT molecular complexity index is 1320. The summed E-state index contributed by atoms with van der Waals surface area (Å²) in [6.45, 7) is 6.93. The maximum Gasteiger partial charge on any atom is 0.245 e. The molecule has 1 amide bonds. The molecule has 1 aliphatic heterocycles. The third-order valence-electron chi connectivity index (χ3n) is 6.00. The van der Waals surface area contributed by atoms with Gasteiger partial charge in [0.05, 0.1) is 29.3 Å². The van der Waals surface area contributed by atoms with Gasteiger partial charge in [-0.2, -0.15) is 0 Å². The van der Waals surface area contributed by atoms with Crippen LogP contribution in [0.4, 0.5) is 5.82 Å². The van der Waals surface area contributed by atoms with Crippen molar-refractivity contribution in [2.45, 2.75) is 25.8 Å². The zero-order chi connectivity index (χ0) is 21.5. The molecule has 0 aromatic carbocycles. The third-order valence-corrected chi connectivity index (χ3v) is 6.00. The first kappa shape index (κ1) is 19.2. The lowest BCUT2D eigenvalue weighted by molar-refractivity contribution is -0.127. The van der Waals surface area contributed by atoms with Crippen molar-refractivity contribution in [2.24, 2.45) is 0 Å². The summed E-state index contributed by atoms with van der Waals surface area (Å²) in [7, 11) is 0. The molecule has 4 aromatic heterocycles. The first-order chi connectivity index (χ1) is 15.0. The molecule has 0 aliphatic carbocycles. The first-order valence-corrected chi connectivity index (χ1v) is 10.3. The summed E-state index contributed by atoms with van der Waals surface area (Å²) in [5, 5.41) is 0. The number of nitrogens with two attached hydrogens (primary N) is 1. The molecule has 156 valence electrons. The van der Waals surface area contributed by atoms with E-state index in [1.54, 1.807) is 12.4 Å². The van der Waals surface area contributed by atoms with Gasteiger partial charge in [0, 0.05) is 30.9 Å². The number of piperidine rings is 1.